The number of phenolic OH excluding ortho intramolecular Hbond substituents is 1. The minimum atomic E-state index is -1.21. The molecule has 0 fully saturated rings. The molecule has 2 amide bonds. The number of nitrogens with one attached hydrogen (secondary N) is 2. The Kier molecular flexibility index (Phi) is 5.26. The summed E-state index contributed by atoms with van der Waals surface area (Å²) in [6.45, 7) is 1.92. The van der Waals surface area contributed by atoms with E-state index in [1.54, 1.807) is 12.1 Å². The van der Waals surface area contributed by atoms with E-state index in [0.29, 0.717) is 11.3 Å². The molecule has 0 aromatic heterocycles. The number of halogens is 1. The summed E-state index contributed by atoms with van der Waals surface area (Å²) in [7, 11) is 0. The maximum Gasteiger partial charge on any atom is 0.336 e. The second kappa shape index (κ2) is 7.79. The Balaban J connectivity index is 1.88. The highest BCUT2D eigenvalue weighted by Crippen LogP contribution is 2.32. The average Bonchev–Trinajstić information content (AvgIpc) is 2.65. The van der Waals surface area contributed by atoms with Gasteiger partial charge >= 0.3 is 12.0 Å². The Bertz CT molecular complexity index is 1050. The van der Waals surface area contributed by atoms with Gasteiger partial charge in [0.2, 0.25) is 0 Å². The fourth-order valence-corrected chi connectivity index (χ4v) is 2.67. The van der Waals surface area contributed by atoms with Crippen LogP contribution in [0.15, 0.2) is 60.7 Å². The fraction of sp³-hybridized carbons (Fsp3) is 0.0476. The Hall–Kier alpha value is -3.87. The lowest BCUT2D eigenvalue weighted by molar-refractivity contribution is 0.0697. The minimum Gasteiger partial charge on any atom is -0.506 e. The van der Waals surface area contributed by atoms with Gasteiger partial charge in [0.25, 0.3) is 0 Å². The number of benzene rings is 3. The van der Waals surface area contributed by atoms with E-state index in [4.69, 9.17) is 0 Å². The summed E-state index contributed by atoms with van der Waals surface area (Å²) in [5.74, 6) is -2.02. The Morgan fingerprint density at radius 2 is 1.64 bits per heavy atom. The normalized spacial score (nSPS) is 10.4. The van der Waals surface area contributed by atoms with E-state index in [1.807, 2.05) is 19.1 Å². The van der Waals surface area contributed by atoms with E-state index in [2.05, 4.69) is 10.6 Å². The van der Waals surface area contributed by atoms with E-state index >= 15 is 0 Å². The number of urea groups is 1. The monoisotopic (exact) mass is 380 g/mol. The number of phenols is 1. The van der Waals surface area contributed by atoms with Crippen molar-refractivity contribution in [1.29, 1.82) is 0 Å². The first-order chi connectivity index (χ1) is 13.3. The number of hydrogen-bond donors (Lipinski definition) is 4. The quantitative estimate of drug-likeness (QED) is 0.486. The fourth-order valence-electron chi connectivity index (χ4n) is 2.67. The van der Waals surface area contributed by atoms with Crippen molar-refractivity contribution in [2.24, 2.45) is 0 Å². The molecule has 0 saturated carbocycles. The summed E-state index contributed by atoms with van der Waals surface area (Å²) in [4.78, 5) is 23.6. The maximum atomic E-state index is 13.6. The van der Waals surface area contributed by atoms with Crippen molar-refractivity contribution in [2.45, 2.75) is 6.92 Å². The Labute approximate surface area is 160 Å². The standard InChI is InChI=1S/C21H17FN2O4/c1-12-2-6-15(7-3-12)23-21(28)24-18-10-13(4-9-19(18)25)17-11-14(22)5-8-16(17)20(26)27/h2-11,25H,1H3,(H,26,27)(H2,23,24,28). The molecule has 0 atom stereocenters. The molecule has 0 radical (unpaired) electrons. The molecule has 0 bridgehead atoms. The summed E-state index contributed by atoms with van der Waals surface area (Å²) in [5, 5.41) is 24.5. The number of carboxylic acids is 1. The first-order valence-corrected chi connectivity index (χ1v) is 8.34. The highest BCUT2D eigenvalue weighted by Gasteiger charge is 2.15. The lowest BCUT2D eigenvalue weighted by Crippen LogP contribution is -2.19. The topological polar surface area (TPSA) is 98.7 Å². The van der Waals surface area contributed by atoms with E-state index in [9.17, 15) is 24.2 Å². The Morgan fingerprint density at radius 3 is 2.32 bits per heavy atom. The van der Waals surface area contributed by atoms with Crippen LogP contribution in [0.5, 0.6) is 5.75 Å². The third-order valence-electron chi connectivity index (χ3n) is 4.08. The molecule has 0 heterocycles. The average molecular weight is 380 g/mol. The smallest absolute Gasteiger partial charge is 0.336 e. The highest BCUT2D eigenvalue weighted by atomic mass is 19.1. The van der Waals surface area contributed by atoms with E-state index in [1.165, 1.54) is 18.2 Å². The van der Waals surface area contributed by atoms with Crippen LogP contribution < -0.4 is 10.6 Å². The van der Waals surface area contributed by atoms with Gasteiger partial charge in [-0.25, -0.2) is 14.0 Å². The molecule has 3 aromatic carbocycles. The van der Waals surface area contributed by atoms with Gasteiger partial charge in [0.05, 0.1) is 11.3 Å². The van der Waals surface area contributed by atoms with Gasteiger partial charge in [-0.05, 0) is 60.5 Å². The molecule has 0 aliphatic carbocycles. The van der Waals surface area contributed by atoms with Crippen LogP contribution in [0.2, 0.25) is 0 Å². The summed E-state index contributed by atoms with van der Waals surface area (Å²) < 4.78 is 13.6. The zero-order valence-corrected chi connectivity index (χ0v) is 14.9. The molecular formula is C21H17FN2O4. The molecule has 0 aliphatic heterocycles. The predicted octanol–water partition coefficient (Wildman–Crippen LogP) is 4.85. The van der Waals surface area contributed by atoms with Gasteiger partial charge in [0, 0.05) is 5.69 Å². The van der Waals surface area contributed by atoms with Crippen LogP contribution in [0, 0.1) is 12.7 Å². The van der Waals surface area contributed by atoms with E-state index in [0.717, 1.165) is 23.8 Å². The molecule has 6 nitrogen and oxygen atoms in total. The van der Waals surface area contributed by atoms with Gasteiger partial charge in [0.15, 0.2) is 0 Å². The second-order valence-electron chi connectivity index (χ2n) is 6.17. The van der Waals surface area contributed by atoms with Crippen molar-refractivity contribution >= 4 is 23.4 Å². The van der Waals surface area contributed by atoms with Crippen LogP contribution in [0.3, 0.4) is 0 Å². The van der Waals surface area contributed by atoms with Crippen LogP contribution in [-0.2, 0) is 0 Å². The van der Waals surface area contributed by atoms with Crippen LogP contribution >= 0.6 is 0 Å². The third-order valence-corrected chi connectivity index (χ3v) is 4.08. The van der Waals surface area contributed by atoms with Crippen LogP contribution in [0.25, 0.3) is 11.1 Å². The molecule has 3 aromatic rings. The zero-order valence-electron chi connectivity index (χ0n) is 14.9. The number of aromatic hydroxyl groups is 1. The number of aromatic carboxylic acids is 1. The molecule has 0 aliphatic rings. The minimum absolute atomic E-state index is 0.0581. The number of anilines is 2. The van der Waals surface area contributed by atoms with Crippen molar-refractivity contribution in [3.8, 4) is 16.9 Å². The number of carbonyl (C=O) groups excluding carboxylic acids is 1. The van der Waals surface area contributed by atoms with Gasteiger partial charge in [-0.15, -0.1) is 0 Å². The second-order valence-corrected chi connectivity index (χ2v) is 6.17. The largest absolute Gasteiger partial charge is 0.506 e. The molecule has 7 heteroatoms. The van der Waals surface area contributed by atoms with E-state index < -0.39 is 17.8 Å². The molecule has 28 heavy (non-hydrogen) atoms. The molecule has 0 unspecified atom stereocenters. The molecule has 4 N–H and O–H groups in total. The molecule has 0 saturated heterocycles. The molecule has 142 valence electrons. The number of carboxylic acid groups (broad SMARTS) is 1. The number of amides is 2. The first-order valence-electron chi connectivity index (χ1n) is 8.34. The lowest BCUT2D eigenvalue weighted by atomic mass is 9.99. The number of hydrogen-bond acceptors (Lipinski definition) is 3. The van der Waals surface area contributed by atoms with Crippen molar-refractivity contribution in [3.63, 3.8) is 0 Å². The predicted molar refractivity (Wildman–Crippen MR) is 104 cm³/mol. The number of aryl methyl sites for hydroxylation is 1. The van der Waals surface area contributed by atoms with Gasteiger partial charge in [-0.2, -0.15) is 0 Å². The van der Waals surface area contributed by atoms with Crippen molar-refractivity contribution in [3.05, 3.63) is 77.6 Å². The molecular weight excluding hydrogens is 363 g/mol. The SMILES string of the molecule is Cc1ccc(NC(=O)Nc2cc(-c3cc(F)ccc3C(=O)O)ccc2O)cc1. The van der Waals surface area contributed by atoms with Gasteiger partial charge < -0.3 is 20.8 Å². The number of carbonyl (C=O) groups is 2. The maximum absolute atomic E-state index is 13.6. The Morgan fingerprint density at radius 1 is 0.929 bits per heavy atom. The third kappa shape index (κ3) is 4.27. The van der Waals surface area contributed by atoms with Crippen LogP contribution in [0.1, 0.15) is 15.9 Å². The van der Waals surface area contributed by atoms with Gasteiger partial charge in [0.1, 0.15) is 11.6 Å². The summed E-state index contributed by atoms with van der Waals surface area (Å²) in [5.41, 5.74) is 2.04. The highest BCUT2D eigenvalue weighted by molar-refractivity contribution is 6.02. The summed E-state index contributed by atoms with van der Waals surface area (Å²) >= 11 is 0. The molecule has 3 rings (SSSR count). The lowest BCUT2D eigenvalue weighted by Gasteiger charge is -2.12. The van der Waals surface area contributed by atoms with Crippen molar-refractivity contribution in [2.75, 3.05) is 10.6 Å². The first kappa shape index (κ1) is 18.9. The van der Waals surface area contributed by atoms with Crippen molar-refractivity contribution < 1.29 is 24.2 Å². The van der Waals surface area contributed by atoms with Gasteiger partial charge in [-0.3, -0.25) is 0 Å². The number of rotatable bonds is 4. The molecule has 0 spiro atoms. The van der Waals surface area contributed by atoms with Crippen LogP contribution in [-0.4, -0.2) is 22.2 Å². The van der Waals surface area contributed by atoms with Gasteiger partial charge in [-0.1, -0.05) is 23.8 Å². The zero-order chi connectivity index (χ0) is 20.3. The van der Waals surface area contributed by atoms with E-state index in [-0.39, 0.29) is 22.6 Å². The van der Waals surface area contributed by atoms with Crippen LogP contribution in [0.4, 0.5) is 20.6 Å². The summed E-state index contributed by atoms with van der Waals surface area (Å²) in [6, 6.07) is 14.0. The van der Waals surface area contributed by atoms with Crippen molar-refractivity contribution in [1.82, 2.24) is 0 Å². The summed E-state index contributed by atoms with van der Waals surface area (Å²) in [6.07, 6.45) is 0.